The minimum atomic E-state index is 0.691. The third-order valence-corrected chi connectivity index (χ3v) is 2.58. The van der Waals surface area contributed by atoms with Gasteiger partial charge in [-0.15, -0.1) is 0 Å². The lowest BCUT2D eigenvalue weighted by Crippen LogP contribution is -1.95. The Bertz CT molecular complexity index is 499. The Balaban J connectivity index is 2.69. The van der Waals surface area contributed by atoms with Crippen LogP contribution in [0.4, 0.5) is 5.69 Å². The number of anilines is 1. The summed E-state index contributed by atoms with van der Waals surface area (Å²) >= 11 is 0. The van der Waals surface area contributed by atoms with Crippen molar-refractivity contribution in [3.63, 3.8) is 0 Å². The smallest absolute Gasteiger partial charge is 0.0968 e. The van der Waals surface area contributed by atoms with Crippen molar-refractivity contribution in [2.24, 2.45) is 7.05 Å². The molecule has 0 aliphatic carbocycles. The van der Waals surface area contributed by atoms with E-state index in [1.807, 2.05) is 37.7 Å². The number of hydrogen-bond acceptors (Lipinski definition) is 3. The summed E-state index contributed by atoms with van der Waals surface area (Å²) in [5, 5.41) is 4.35. The Morgan fingerprint density at radius 3 is 2.60 bits per heavy atom. The van der Waals surface area contributed by atoms with Crippen LogP contribution >= 0.6 is 0 Å². The summed E-state index contributed by atoms with van der Waals surface area (Å²) in [6.07, 6.45) is 1.75. The minimum absolute atomic E-state index is 0.691. The van der Waals surface area contributed by atoms with Crippen molar-refractivity contribution < 1.29 is 0 Å². The largest absolute Gasteiger partial charge is 0.397 e. The minimum Gasteiger partial charge on any atom is -0.397 e. The zero-order chi connectivity index (χ0) is 11.0. The molecule has 2 heterocycles. The quantitative estimate of drug-likeness (QED) is 0.765. The molecule has 15 heavy (non-hydrogen) atoms. The molecule has 78 valence electrons. The summed E-state index contributed by atoms with van der Waals surface area (Å²) in [4.78, 5) is 4.31. The van der Waals surface area contributed by atoms with Crippen molar-refractivity contribution in [3.8, 4) is 11.3 Å². The van der Waals surface area contributed by atoms with Crippen molar-refractivity contribution in [1.82, 2.24) is 14.8 Å². The van der Waals surface area contributed by atoms with Gasteiger partial charge in [-0.25, -0.2) is 0 Å². The van der Waals surface area contributed by atoms with Gasteiger partial charge in [-0.3, -0.25) is 9.67 Å². The van der Waals surface area contributed by atoms with Crippen molar-refractivity contribution >= 4 is 5.69 Å². The number of aryl methyl sites for hydroxylation is 2. The third kappa shape index (κ3) is 1.48. The molecule has 4 heteroatoms. The molecule has 0 saturated carbocycles. The van der Waals surface area contributed by atoms with Crippen LogP contribution in [-0.2, 0) is 7.05 Å². The van der Waals surface area contributed by atoms with Gasteiger partial charge in [-0.2, -0.15) is 5.10 Å². The molecule has 0 aliphatic heterocycles. The van der Waals surface area contributed by atoms with Crippen molar-refractivity contribution in [2.45, 2.75) is 13.8 Å². The molecule has 0 saturated heterocycles. The van der Waals surface area contributed by atoms with Gasteiger partial charge >= 0.3 is 0 Å². The normalized spacial score (nSPS) is 10.6. The van der Waals surface area contributed by atoms with Gasteiger partial charge in [-0.1, -0.05) is 0 Å². The highest BCUT2D eigenvalue weighted by Gasteiger charge is 2.14. The summed E-state index contributed by atoms with van der Waals surface area (Å²) in [6, 6.07) is 3.69. The second-order valence-corrected chi connectivity index (χ2v) is 3.61. The van der Waals surface area contributed by atoms with E-state index in [1.165, 1.54) is 0 Å². The lowest BCUT2D eigenvalue weighted by molar-refractivity contribution is 0.731. The standard InChI is InChI=1S/C11H14N4/c1-7-10(8(2)15(3)14-7)11-9(12)5-4-6-13-11/h4-6H,12H2,1-3H3. The number of pyridine rings is 1. The summed E-state index contributed by atoms with van der Waals surface area (Å²) in [5.74, 6) is 0. The number of rotatable bonds is 1. The lowest BCUT2D eigenvalue weighted by Gasteiger charge is -2.04. The molecule has 2 aromatic rings. The average Bonchev–Trinajstić information content (AvgIpc) is 2.43. The highest BCUT2D eigenvalue weighted by Crippen LogP contribution is 2.28. The molecular weight excluding hydrogens is 188 g/mol. The highest BCUT2D eigenvalue weighted by atomic mass is 15.3. The van der Waals surface area contributed by atoms with E-state index in [1.54, 1.807) is 6.20 Å². The predicted octanol–water partition coefficient (Wildman–Crippen LogP) is 1.68. The maximum absolute atomic E-state index is 5.90. The van der Waals surface area contributed by atoms with E-state index in [-0.39, 0.29) is 0 Å². The van der Waals surface area contributed by atoms with Crippen LogP contribution in [0.3, 0.4) is 0 Å². The lowest BCUT2D eigenvalue weighted by atomic mass is 10.1. The second kappa shape index (κ2) is 3.38. The van der Waals surface area contributed by atoms with Gasteiger partial charge in [0.25, 0.3) is 0 Å². The summed E-state index contributed by atoms with van der Waals surface area (Å²) in [5.41, 5.74) is 10.5. The van der Waals surface area contributed by atoms with E-state index in [0.29, 0.717) is 5.69 Å². The van der Waals surface area contributed by atoms with Crippen LogP contribution in [0.15, 0.2) is 18.3 Å². The second-order valence-electron chi connectivity index (χ2n) is 3.61. The molecule has 0 aromatic carbocycles. The first-order valence-electron chi connectivity index (χ1n) is 4.82. The average molecular weight is 202 g/mol. The van der Waals surface area contributed by atoms with Gasteiger partial charge in [0.2, 0.25) is 0 Å². The fraction of sp³-hybridized carbons (Fsp3) is 0.273. The third-order valence-electron chi connectivity index (χ3n) is 2.58. The predicted molar refractivity (Wildman–Crippen MR) is 60.3 cm³/mol. The van der Waals surface area contributed by atoms with Crippen molar-refractivity contribution in [2.75, 3.05) is 5.73 Å². The molecule has 0 aliphatic rings. The topological polar surface area (TPSA) is 56.7 Å². The molecule has 2 rings (SSSR count). The number of nitrogen functional groups attached to an aromatic ring is 1. The maximum atomic E-state index is 5.90. The van der Waals surface area contributed by atoms with Crippen molar-refractivity contribution in [3.05, 3.63) is 29.7 Å². The van der Waals surface area contributed by atoms with Gasteiger partial charge in [0, 0.05) is 24.5 Å². The van der Waals surface area contributed by atoms with E-state index in [0.717, 1.165) is 22.6 Å². The van der Waals surface area contributed by atoms with Crippen molar-refractivity contribution in [1.29, 1.82) is 0 Å². The molecule has 0 atom stereocenters. The Morgan fingerprint density at radius 2 is 2.07 bits per heavy atom. The zero-order valence-corrected chi connectivity index (χ0v) is 9.15. The van der Waals surface area contributed by atoms with Gasteiger partial charge in [0.15, 0.2) is 0 Å². The van der Waals surface area contributed by atoms with Crippen LogP contribution in [0.5, 0.6) is 0 Å². The molecule has 2 N–H and O–H groups in total. The number of aromatic nitrogens is 3. The molecular formula is C11H14N4. The van der Waals surface area contributed by atoms with E-state index < -0.39 is 0 Å². The molecule has 2 aromatic heterocycles. The number of nitrogens with zero attached hydrogens (tertiary/aromatic N) is 3. The Hall–Kier alpha value is -1.84. The van der Waals surface area contributed by atoms with E-state index in [4.69, 9.17) is 5.73 Å². The number of hydrogen-bond donors (Lipinski definition) is 1. The Morgan fingerprint density at radius 1 is 1.33 bits per heavy atom. The summed E-state index contributed by atoms with van der Waals surface area (Å²) < 4.78 is 1.85. The summed E-state index contributed by atoms with van der Waals surface area (Å²) in [7, 11) is 1.92. The van der Waals surface area contributed by atoms with Crippen LogP contribution in [0, 0.1) is 13.8 Å². The van der Waals surface area contributed by atoms with Gasteiger partial charge in [0.1, 0.15) is 0 Å². The SMILES string of the molecule is Cc1nn(C)c(C)c1-c1ncccc1N. The highest BCUT2D eigenvalue weighted by molar-refractivity contribution is 5.75. The molecule has 0 unspecified atom stereocenters. The number of nitrogens with two attached hydrogens (primary N) is 1. The van der Waals surface area contributed by atoms with E-state index in [9.17, 15) is 0 Å². The van der Waals surface area contributed by atoms with Crippen LogP contribution in [0.25, 0.3) is 11.3 Å². The van der Waals surface area contributed by atoms with Crippen LogP contribution in [0.1, 0.15) is 11.4 Å². The van der Waals surface area contributed by atoms with E-state index in [2.05, 4.69) is 10.1 Å². The molecule has 0 fully saturated rings. The van der Waals surface area contributed by atoms with Crippen LogP contribution < -0.4 is 5.73 Å². The first-order valence-corrected chi connectivity index (χ1v) is 4.82. The van der Waals surface area contributed by atoms with Gasteiger partial charge in [0.05, 0.1) is 17.1 Å². The van der Waals surface area contributed by atoms with E-state index >= 15 is 0 Å². The fourth-order valence-electron chi connectivity index (χ4n) is 1.74. The first kappa shape index (κ1) is 9.71. The Labute approximate surface area is 88.8 Å². The van der Waals surface area contributed by atoms with Crippen LogP contribution in [-0.4, -0.2) is 14.8 Å². The van der Waals surface area contributed by atoms with Crippen LogP contribution in [0.2, 0.25) is 0 Å². The monoisotopic (exact) mass is 202 g/mol. The van der Waals surface area contributed by atoms with Gasteiger partial charge < -0.3 is 5.73 Å². The zero-order valence-electron chi connectivity index (χ0n) is 9.15. The first-order chi connectivity index (χ1) is 7.11. The molecule has 4 nitrogen and oxygen atoms in total. The maximum Gasteiger partial charge on any atom is 0.0968 e. The fourth-order valence-corrected chi connectivity index (χ4v) is 1.74. The summed E-state index contributed by atoms with van der Waals surface area (Å²) in [6.45, 7) is 3.99. The molecule has 0 spiro atoms. The molecule has 0 bridgehead atoms. The molecule has 0 amide bonds. The molecule has 0 radical (unpaired) electrons. The van der Waals surface area contributed by atoms with Gasteiger partial charge in [-0.05, 0) is 26.0 Å². The Kier molecular flexibility index (Phi) is 2.19.